The topological polar surface area (TPSA) is 58.3 Å². The molecular formula is C15H17N2O. The number of nitrogen functional groups attached to an aromatic ring is 1. The van der Waals surface area contributed by atoms with Crippen LogP contribution in [0.2, 0.25) is 0 Å². The van der Waals surface area contributed by atoms with E-state index in [1.165, 1.54) is 0 Å². The minimum Gasteiger partial charge on any atom is -0.397 e. The van der Waals surface area contributed by atoms with Gasteiger partial charge in [-0.3, -0.25) is 0 Å². The number of nitrogens with one attached hydrogen (secondary N) is 1. The molecular weight excluding hydrogens is 224 g/mol. The number of aliphatic hydroxyl groups excluding tert-OH is 1. The van der Waals surface area contributed by atoms with Crippen molar-refractivity contribution in [1.82, 2.24) is 0 Å². The van der Waals surface area contributed by atoms with Crippen LogP contribution in [0.4, 0.5) is 17.1 Å². The molecule has 0 saturated heterocycles. The zero-order valence-electron chi connectivity index (χ0n) is 10.4. The van der Waals surface area contributed by atoms with Crippen molar-refractivity contribution < 1.29 is 5.11 Å². The van der Waals surface area contributed by atoms with Gasteiger partial charge in [-0.15, -0.1) is 0 Å². The maximum atomic E-state index is 9.31. The van der Waals surface area contributed by atoms with Crippen molar-refractivity contribution in [3.05, 3.63) is 54.1 Å². The van der Waals surface area contributed by atoms with Crippen molar-refractivity contribution in [2.45, 2.75) is 19.4 Å². The fraction of sp³-hybridized carbons (Fsp3) is 0.200. The summed E-state index contributed by atoms with van der Waals surface area (Å²) in [5.41, 5.74) is 9.47. The van der Waals surface area contributed by atoms with Crippen LogP contribution in [0.25, 0.3) is 0 Å². The summed E-state index contributed by atoms with van der Waals surface area (Å²) >= 11 is 0. The summed E-state index contributed by atoms with van der Waals surface area (Å²) in [4.78, 5) is 0. The van der Waals surface area contributed by atoms with Crippen LogP contribution in [-0.4, -0.2) is 11.2 Å². The van der Waals surface area contributed by atoms with Gasteiger partial charge in [0.1, 0.15) is 0 Å². The fourth-order valence-electron chi connectivity index (χ4n) is 1.78. The molecule has 0 heterocycles. The lowest BCUT2D eigenvalue weighted by Crippen LogP contribution is -2.04. The van der Waals surface area contributed by atoms with Crippen molar-refractivity contribution >= 4 is 17.1 Å². The van der Waals surface area contributed by atoms with E-state index in [9.17, 15) is 5.11 Å². The van der Waals surface area contributed by atoms with E-state index in [1.54, 1.807) is 13.0 Å². The maximum absolute atomic E-state index is 9.31. The second-order valence-electron chi connectivity index (χ2n) is 4.39. The second kappa shape index (κ2) is 5.56. The Kier molecular flexibility index (Phi) is 3.85. The standard InChI is InChI=1S/C15H17N2O/c1-11(18)10-12-6-8-13(9-7-12)17-15-5-3-2-4-14(15)16/h3-9,11,17-18H,10,16H2,1H3/t11-/m0/s1. The van der Waals surface area contributed by atoms with Gasteiger partial charge in [-0.25, -0.2) is 0 Å². The van der Waals surface area contributed by atoms with Gasteiger partial charge in [-0.1, -0.05) is 18.2 Å². The number of anilines is 3. The Morgan fingerprint density at radius 2 is 2.00 bits per heavy atom. The van der Waals surface area contributed by atoms with Gasteiger partial charge in [0, 0.05) is 5.69 Å². The van der Waals surface area contributed by atoms with Crippen molar-refractivity contribution in [1.29, 1.82) is 0 Å². The molecule has 93 valence electrons. The van der Waals surface area contributed by atoms with E-state index in [0.717, 1.165) is 16.9 Å². The molecule has 18 heavy (non-hydrogen) atoms. The third-order valence-electron chi connectivity index (χ3n) is 2.66. The molecule has 4 N–H and O–H groups in total. The second-order valence-corrected chi connectivity index (χ2v) is 4.39. The lowest BCUT2D eigenvalue weighted by Gasteiger charge is -2.10. The SMILES string of the molecule is C[C@H](O)Cc1ccc(Nc2cc[c]cc2N)cc1. The summed E-state index contributed by atoms with van der Waals surface area (Å²) in [6, 6.07) is 16.3. The average Bonchev–Trinajstić information content (AvgIpc) is 2.34. The van der Waals surface area contributed by atoms with Gasteiger partial charge in [-0.2, -0.15) is 0 Å². The molecule has 0 saturated carbocycles. The summed E-state index contributed by atoms with van der Waals surface area (Å²) in [7, 11) is 0. The predicted octanol–water partition coefficient (Wildman–Crippen LogP) is 2.74. The number of hydrogen-bond donors (Lipinski definition) is 3. The molecule has 2 aromatic carbocycles. The minimum atomic E-state index is -0.316. The Balaban J connectivity index is 2.09. The van der Waals surface area contributed by atoms with Gasteiger partial charge >= 0.3 is 0 Å². The minimum absolute atomic E-state index is 0.316. The quantitative estimate of drug-likeness (QED) is 0.721. The number of rotatable bonds is 4. The summed E-state index contributed by atoms with van der Waals surface area (Å²) in [5, 5.41) is 12.6. The van der Waals surface area contributed by atoms with E-state index in [2.05, 4.69) is 11.4 Å². The van der Waals surface area contributed by atoms with Crippen molar-refractivity contribution in [2.75, 3.05) is 11.1 Å². The van der Waals surface area contributed by atoms with E-state index in [4.69, 9.17) is 5.73 Å². The molecule has 0 bridgehead atoms. The van der Waals surface area contributed by atoms with Crippen molar-refractivity contribution in [3.8, 4) is 0 Å². The molecule has 1 radical (unpaired) electrons. The number of benzene rings is 2. The van der Waals surface area contributed by atoms with E-state index in [0.29, 0.717) is 12.1 Å². The normalized spacial score (nSPS) is 12.1. The Morgan fingerprint density at radius 3 is 2.61 bits per heavy atom. The van der Waals surface area contributed by atoms with Crippen LogP contribution < -0.4 is 11.1 Å². The van der Waals surface area contributed by atoms with Gasteiger partial charge in [0.15, 0.2) is 0 Å². The summed E-state index contributed by atoms with van der Waals surface area (Å²) in [6.45, 7) is 1.79. The first-order chi connectivity index (χ1) is 8.65. The van der Waals surface area contributed by atoms with Gasteiger partial charge in [0.2, 0.25) is 0 Å². The molecule has 2 rings (SSSR count). The highest BCUT2D eigenvalue weighted by molar-refractivity contribution is 5.72. The molecule has 0 aliphatic carbocycles. The van der Waals surface area contributed by atoms with E-state index in [-0.39, 0.29) is 6.10 Å². The van der Waals surface area contributed by atoms with Gasteiger partial charge < -0.3 is 16.2 Å². The number of hydrogen-bond acceptors (Lipinski definition) is 3. The van der Waals surface area contributed by atoms with Gasteiger partial charge in [0.25, 0.3) is 0 Å². The highest BCUT2D eigenvalue weighted by atomic mass is 16.3. The third kappa shape index (κ3) is 3.25. The van der Waals surface area contributed by atoms with Crippen molar-refractivity contribution in [2.24, 2.45) is 0 Å². The Hall–Kier alpha value is -2.00. The molecule has 2 aromatic rings. The lowest BCUT2D eigenvalue weighted by atomic mass is 10.1. The Labute approximate surface area is 107 Å². The van der Waals surface area contributed by atoms with Crippen LogP contribution in [-0.2, 0) is 6.42 Å². The van der Waals surface area contributed by atoms with E-state index < -0.39 is 0 Å². The van der Waals surface area contributed by atoms with E-state index in [1.807, 2.05) is 36.4 Å². The molecule has 1 atom stereocenters. The van der Waals surface area contributed by atoms with Gasteiger partial charge in [0.05, 0.1) is 17.5 Å². The number of nitrogens with two attached hydrogens (primary N) is 1. The van der Waals surface area contributed by atoms with Crippen LogP contribution in [0.5, 0.6) is 0 Å². The molecule has 0 amide bonds. The first-order valence-electron chi connectivity index (χ1n) is 5.95. The fourth-order valence-corrected chi connectivity index (χ4v) is 1.78. The smallest absolute Gasteiger partial charge is 0.0618 e. The average molecular weight is 241 g/mol. The first-order valence-corrected chi connectivity index (χ1v) is 5.95. The highest BCUT2D eigenvalue weighted by Gasteiger charge is 2.01. The molecule has 0 aromatic heterocycles. The highest BCUT2D eigenvalue weighted by Crippen LogP contribution is 2.22. The Morgan fingerprint density at radius 1 is 1.28 bits per heavy atom. The lowest BCUT2D eigenvalue weighted by molar-refractivity contribution is 0.195. The van der Waals surface area contributed by atoms with Gasteiger partial charge in [-0.05, 0) is 49.2 Å². The summed E-state index contributed by atoms with van der Waals surface area (Å²) < 4.78 is 0. The van der Waals surface area contributed by atoms with Crippen LogP contribution in [0.1, 0.15) is 12.5 Å². The first kappa shape index (κ1) is 12.5. The van der Waals surface area contributed by atoms with Crippen LogP contribution >= 0.6 is 0 Å². The van der Waals surface area contributed by atoms with Crippen LogP contribution in [0.15, 0.2) is 42.5 Å². The predicted molar refractivity (Wildman–Crippen MR) is 74.8 cm³/mol. The summed E-state index contributed by atoms with van der Waals surface area (Å²) in [5.74, 6) is 0. The van der Waals surface area contributed by atoms with Crippen LogP contribution in [0, 0.1) is 6.07 Å². The van der Waals surface area contributed by atoms with Crippen LogP contribution in [0.3, 0.4) is 0 Å². The molecule has 0 aliphatic heterocycles. The number of aliphatic hydroxyl groups is 1. The monoisotopic (exact) mass is 241 g/mol. The molecule has 0 aliphatic rings. The largest absolute Gasteiger partial charge is 0.397 e. The molecule has 0 unspecified atom stereocenters. The molecule has 3 heteroatoms. The van der Waals surface area contributed by atoms with Crippen molar-refractivity contribution in [3.63, 3.8) is 0 Å². The third-order valence-corrected chi connectivity index (χ3v) is 2.66. The molecule has 3 nitrogen and oxygen atoms in total. The Bertz CT molecular complexity index is 506. The molecule has 0 fully saturated rings. The molecule has 0 spiro atoms. The zero-order valence-corrected chi connectivity index (χ0v) is 10.4. The maximum Gasteiger partial charge on any atom is 0.0618 e. The zero-order chi connectivity index (χ0) is 13.0. The summed E-state index contributed by atoms with van der Waals surface area (Å²) in [6.07, 6.45) is 0.354. The van der Waals surface area contributed by atoms with E-state index >= 15 is 0 Å².